The van der Waals surface area contributed by atoms with E-state index in [0.717, 1.165) is 37.2 Å². The van der Waals surface area contributed by atoms with Crippen LogP contribution in [-0.4, -0.2) is 42.1 Å². The van der Waals surface area contributed by atoms with Crippen molar-refractivity contribution in [2.45, 2.75) is 45.6 Å². The molecule has 2 fully saturated rings. The Labute approximate surface area is 228 Å². The minimum absolute atomic E-state index is 0.00481. The Morgan fingerprint density at radius 1 is 0.974 bits per heavy atom. The van der Waals surface area contributed by atoms with Gasteiger partial charge in [-0.3, -0.25) is 14.5 Å². The van der Waals surface area contributed by atoms with Gasteiger partial charge in [0, 0.05) is 30.0 Å². The lowest BCUT2D eigenvalue weighted by Crippen LogP contribution is -2.29. The van der Waals surface area contributed by atoms with Crippen LogP contribution in [0.5, 0.6) is 11.5 Å². The van der Waals surface area contributed by atoms with Crippen molar-refractivity contribution in [3.05, 3.63) is 88.5 Å². The number of hydrogen-bond acceptors (Lipinski definition) is 6. The number of aliphatic hydroxyl groups excluding tert-OH is 1. The van der Waals surface area contributed by atoms with Gasteiger partial charge in [0.15, 0.2) is 0 Å². The molecule has 0 spiro atoms. The van der Waals surface area contributed by atoms with Gasteiger partial charge < -0.3 is 19.8 Å². The predicted molar refractivity (Wildman–Crippen MR) is 153 cm³/mol. The summed E-state index contributed by atoms with van der Waals surface area (Å²) in [6, 6.07) is 16.8. The number of aromatic hydroxyl groups is 1. The van der Waals surface area contributed by atoms with E-state index in [0.29, 0.717) is 28.1 Å². The Morgan fingerprint density at radius 2 is 1.64 bits per heavy atom. The Hall–Kier alpha value is -4.26. The number of anilines is 2. The number of aryl methyl sites for hydroxylation is 1. The topological polar surface area (TPSA) is 90.3 Å². The van der Waals surface area contributed by atoms with Crippen molar-refractivity contribution in [1.29, 1.82) is 0 Å². The number of benzene rings is 3. The maximum absolute atomic E-state index is 13.6. The molecule has 0 saturated carbocycles. The summed E-state index contributed by atoms with van der Waals surface area (Å²) in [6.45, 7) is 7.86. The van der Waals surface area contributed by atoms with Crippen LogP contribution in [0.3, 0.4) is 0 Å². The van der Waals surface area contributed by atoms with Crippen molar-refractivity contribution in [2.24, 2.45) is 0 Å². The zero-order chi connectivity index (χ0) is 27.8. The third-order valence-electron chi connectivity index (χ3n) is 7.68. The largest absolute Gasteiger partial charge is 0.508 e. The van der Waals surface area contributed by atoms with E-state index < -0.39 is 17.7 Å². The molecule has 1 amide bonds. The average Bonchev–Trinajstić information content (AvgIpc) is 3.55. The zero-order valence-electron chi connectivity index (χ0n) is 22.8. The fraction of sp³-hybridized carbons (Fsp3) is 0.312. The molecule has 0 aliphatic carbocycles. The van der Waals surface area contributed by atoms with Crippen LogP contribution in [0.4, 0.5) is 11.4 Å². The highest BCUT2D eigenvalue weighted by atomic mass is 16.5. The van der Waals surface area contributed by atoms with Gasteiger partial charge in [-0.1, -0.05) is 26.0 Å². The molecule has 1 atom stereocenters. The molecular weight excluding hydrogens is 492 g/mol. The minimum atomic E-state index is -0.918. The summed E-state index contributed by atoms with van der Waals surface area (Å²) in [4.78, 5) is 30.9. The second kappa shape index (κ2) is 10.5. The summed E-state index contributed by atoms with van der Waals surface area (Å²) < 4.78 is 5.55. The van der Waals surface area contributed by atoms with Crippen molar-refractivity contribution in [2.75, 3.05) is 30.0 Å². The van der Waals surface area contributed by atoms with Crippen LogP contribution in [0.2, 0.25) is 0 Å². The molecule has 2 saturated heterocycles. The number of aliphatic hydroxyl groups is 1. The number of phenols is 1. The molecule has 5 rings (SSSR count). The molecule has 0 radical (unpaired) electrons. The van der Waals surface area contributed by atoms with Gasteiger partial charge >= 0.3 is 0 Å². The summed E-state index contributed by atoms with van der Waals surface area (Å²) in [5.41, 5.74) is 4.17. The second-order valence-electron chi connectivity index (χ2n) is 10.5. The lowest BCUT2D eigenvalue weighted by Gasteiger charge is -2.26. The Balaban J connectivity index is 1.67. The molecule has 3 aromatic rings. The smallest absolute Gasteiger partial charge is 0.300 e. The van der Waals surface area contributed by atoms with Gasteiger partial charge in [0.05, 0.1) is 18.7 Å². The van der Waals surface area contributed by atoms with E-state index in [9.17, 15) is 19.8 Å². The maximum Gasteiger partial charge on any atom is 0.300 e. The number of carbonyl (C=O) groups excluding carboxylic acids is 2. The second-order valence-corrected chi connectivity index (χ2v) is 10.5. The first-order valence-corrected chi connectivity index (χ1v) is 13.3. The number of methoxy groups -OCH3 is 1. The monoisotopic (exact) mass is 526 g/mol. The Morgan fingerprint density at radius 3 is 2.26 bits per heavy atom. The highest BCUT2D eigenvalue weighted by Gasteiger charge is 2.47. The summed E-state index contributed by atoms with van der Waals surface area (Å²) in [7, 11) is 1.60. The third kappa shape index (κ3) is 4.73. The average molecular weight is 527 g/mol. The number of phenolic OH excluding ortho intramolecular Hbond substituents is 1. The number of ketones is 1. The van der Waals surface area contributed by atoms with Crippen molar-refractivity contribution < 1.29 is 24.5 Å². The number of nitrogens with zero attached hydrogens (tertiary/aromatic N) is 2. The van der Waals surface area contributed by atoms with Crippen LogP contribution in [0.15, 0.2) is 66.2 Å². The molecule has 39 heavy (non-hydrogen) atoms. The van der Waals surface area contributed by atoms with E-state index in [4.69, 9.17) is 4.74 Å². The van der Waals surface area contributed by atoms with Crippen LogP contribution < -0.4 is 14.5 Å². The molecule has 7 heteroatoms. The van der Waals surface area contributed by atoms with Crippen molar-refractivity contribution in [3.63, 3.8) is 0 Å². The van der Waals surface area contributed by atoms with Crippen LogP contribution >= 0.6 is 0 Å². The Kier molecular flexibility index (Phi) is 7.08. The fourth-order valence-corrected chi connectivity index (χ4v) is 5.63. The first-order valence-electron chi connectivity index (χ1n) is 13.3. The van der Waals surface area contributed by atoms with E-state index in [1.807, 2.05) is 57.2 Å². The lowest BCUT2D eigenvalue weighted by atomic mass is 9.91. The van der Waals surface area contributed by atoms with E-state index >= 15 is 0 Å². The summed E-state index contributed by atoms with van der Waals surface area (Å²) >= 11 is 0. The minimum Gasteiger partial charge on any atom is -0.508 e. The van der Waals surface area contributed by atoms with E-state index in [-0.39, 0.29) is 23.0 Å². The number of hydrogen-bond donors (Lipinski definition) is 2. The standard InChI is InChI=1S/C32H34N2O5/c1-19(2)25-18-26(20(3)16-27(25)39-4)30(36)28-29(21-8-7-9-24(35)17-21)34(32(38)31(28)37)23-12-10-22(11-13-23)33-14-5-6-15-33/h7-13,16-19,29,35-36H,5-6,14-15H2,1-4H3/b30-28+. The predicted octanol–water partition coefficient (Wildman–Crippen LogP) is 6.06. The normalized spacial score (nSPS) is 18.8. The van der Waals surface area contributed by atoms with Crippen LogP contribution in [0.1, 0.15) is 60.9 Å². The van der Waals surface area contributed by atoms with Gasteiger partial charge in [-0.05, 0) is 90.9 Å². The first-order chi connectivity index (χ1) is 18.7. The van der Waals surface area contributed by atoms with Gasteiger partial charge in [-0.2, -0.15) is 0 Å². The first kappa shape index (κ1) is 26.4. The number of rotatable bonds is 6. The molecule has 0 bridgehead atoms. The molecule has 2 heterocycles. The zero-order valence-corrected chi connectivity index (χ0v) is 22.8. The number of amides is 1. The molecule has 2 aliphatic rings. The molecule has 0 aromatic heterocycles. The van der Waals surface area contributed by atoms with E-state index in [2.05, 4.69) is 4.90 Å². The van der Waals surface area contributed by atoms with E-state index in [1.54, 1.807) is 19.2 Å². The van der Waals surface area contributed by atoms with Gasteiger partial charge in [0.2, 0.25) is 0 Å². The van der Waals surface area contributed by atoms with Crippen LogP contribution in [0.25, 0.3) is 5.76 Å². The van der Waals surface area contributed by atoms with Crippen molar-refractivity contribution >= 4 is 28.8 Å². The molecule has 3 aromatic carbocycles. The quantitative estimate of drug-likeness (QED) is 0.231. The van der Waals surface area contributed by atoms with Gasteiger partial charge in [-0.25, -0.2) is 0 Å². The van der Waals surface area contributed by atoms with Crippen molar-refractivity contribution in [1.82, 2.24) is 0 Å². The molecular formula is C32H34N2O5. The number of Topliss-reactive ketones (excluding diaryl/α,β-unsaturated/α-hetero) is 1. The molecule has 2 N–H and O–H groups in total. The number of carbonyl (C=O) groups is 2. The maximum atomic E-state index is 13.6. The summed E-state index contributed by atoms with van der Waals surface area (Å²) in [6.07, 6.45) is 2.30. The Bertz CT molecular complexity index is 1450. The van der Waals surface area contributed by atoms with E-state index in [1.165, 1.54) is 17.0 Å². The van der Waals surface area contributed by atoms with Crippen LogP contribution in [0, 0.1) is 6.92 Å². The van der Waals surface area contributed by atoms with Gasteiger partial charge in [-0.15, -0.1) is 0 Å². The molecule has 202 valence electrons. The third-order valence-corrected chi connectivity index (χ3v) is 7.68. The van der Waals surface area contributed by atoms with Gasteiger partial charge in [0.1, 0.15) is 17.3 Å². The summed E-state index contributed by atoms with van der Waals surface area (Å²) in [5.74, 6) is -0.947. The molecule has 2 aliphatic heterocycles. The highest BCUT2D eigenvalue weighted by Crippen LogP contribution is 2.44. The van der Waals surface area contributed by atoms with Crippen LogP contribution in [-0.2, 0) is 9.59 Å². The SMILES string of the molecule is COc1cc(C)c(/C(O)=C2\C(=O)C(=O)N(c3ccc(N4CCCC4)cc3)C2c2cccc(O)c2)cc1C(C)C. The van der Waals surface area contributed by atoms with Gasteiger partial charge in [0.25, 0.3) is 11.7 Å². The lowest BCUT2D eigenvalue weighted by molar-refractivity contribution is -0.132. The number of ether oxygens (including phenoxy) is 1. The highest BCUT2D eigenvalue weighted by molar-refractivity contribution is 6.51. The fourth-order valence-electron chi connectivity index (χ4n) is 5.63. The molecule has 1 unspecified atom stereocenters. The summed E-state index contributed by atoms with van der Waals surface area (Å²) in [5, 5.41) is 22.0. The molecule has 7 nitrogen and oxygen atoms in total. The van der Waals surface area contributed by atoms with Crippen molar-refractivity contribution in [3.8, 4) is 11.5 Å².